The summed E-state index contributed by atoms with van der Waals surface area (Å²) in [6.45, 7) is 2.00. The summed E-state index contributed by atoms with van der Waals surface area (Å²) < 4.78 is 6.41. The molecule has 2 aromatic rings. The van der Waals surface area contributed by atoms with E-state index in [4.69, 9.17) is 22.1 Å². The van der Waals surface area contributed by atoms with E-state index >= 15 is 0 Å². The van der Waals surface area contributed by atoms with Gasteiger partial charge >= 0.3 is 0 Å². The van der Waals surface area contributed by atoms with E-state index in [9.17, 15) is 0 Å². The van der Waals surface area contributed by atoms with Gasteiger partial charge in [-0.2, -0.15) is 0 Å². The minimum atomic E-state index is -0.210. The van der Waals surface area contributed by atoms with Crippen LogP contribution in [0.15, 0.2) is 12.1 Å². The Balaban J connectivity index is 1.99. The molecule has 2 heterocycles. The number of aryl methyl sites for hydroxylation is 1. The molecule has 0 unspecified atom stereocenters. The van der Waals surface area contributed by atoms with Gasteiger partial charge in [0.25, 0.3) is 0 Å². The van der Waals surface area contributed by atoms with E-state index in [2.05, 4.69) is 4.98 Å². The predicted molar refractivity (Wildman–Crippen MR) is 82.5 cm³/mol. The number of nitrogen functional groups attached to an aromatic ring is 1. The molecule has 1 aliphatic heterocycles. The molecular weight excluding hydrogens is 292 g/mol. The Morgan fingerprint density at radius 2 is 2.10 bits per heavy atom. The Bertz CT molecular complexity index is 704. The number of hydrogen-bond acceptors (Lipinski definition) is 4. The van der Waals surface area contributed by atoms with E-state index in [1.165, 1.54) is 17.7 Å². The monoisotopic (exact) mass is 306 g/mol. The number of nitrogens with two attached hydrogens (primary N) is 1. The average Bonchev–Trinajstić information content (AvgIpc) is 3.00. The van der Waals surface area contributed by atoms with Gasteiger partial charge in [0.15, 0.2) is 5.13 Å². The molecule has 0 radical (unpaired) electrons. The first kappa shape index (κ1) is 12.5. The largest absolute Gasteiger partial charge is 0.481 e. The van der Waals surface area contributed by atoms with Crippen LogP contribution < -0.4 is 10.5 Å². The molecule has 1 spiro atoms. The van der Waals surface area contributed by atoms with Gasteiger partial charge in [-0.3, -0.25) is 0 Å². The number of halogens is 1. The summed E-state index contributed by atoms with van der Waals surface area (Å²) in [6, 6.07) is 3.97. The van der Waals surface area contributed by atoms with Crippen LogP contribution in [0.3, 0.4) is 0 Å². The normalized spacial score (nSPS) is 18.7. The van der Waals surface area contributed by atoms with E-state index in [-0.39, 0.29) is 5.60 Å². The molecule has 1 fully saturated rings. The summed E-state index contributed by atoms with van der Waals surface area (Å²) in [7, 11) is 0. The molecule has 20 heavy (non-hydrogen) atoms. The third-order valence-corrected chi connectivity index (χ3v) is 5.77. The van der Waals surface area contributed by atoms with Crippen LogP contribution in [-0.2, 0) is 5.60 Å². The van der Waals surface area contributed by atoms with Gasteiger partial charge in [-0.05, 0) is 50.3 Å². The zero-order valence-electron chi connectivity index (χ0n) is 11.2. The van der Waals surface area contributed by atoms with Crippen LogP contribution >= 0.6 is 22.9 Å². The smallest absolute Gasteiger partial charge is 0.180 e. The highest BCUT2D eigenvalue weighted by atomic mass is 35.5. The molecule has 3 nitrogen and oxygen atoms in total. The van der Waals surface area contributed by atoms with Gasteiger partial charge in [-0.1, -0.05) is 22.9 Å². The van der Waals surface area contributed by atoms with Crippen molar-refractivity contribution < 1.29 is 4.74 Å². The molecule has 2 N–H and O–H groups in total. The maximum absolute atomic E-state index is 6.41. The molecule has 104 valence electrons. The second-order valence-electron chi connectivity index (χ2n) is 5.63. The maximum atomic E-state index is 6.41. The molecule has 0 saturated heterocycles. The first-order chi connectivity index (χ1) is 9.59. The van der Waals surface area contributed by atoms with Gasteiger partial charge < -0.3 is 10.5 Å². The van der Waals surface area contributed by atoms with E-state index in [0.717, 1.165) is 40.4 Å². The minimum absolute atomic E-state index is 0.210. The van der Waals surface area contributed by atoms with Crippen LogP contribution in [-0.4, -0.2) is 4.98 Å². The van der Waals surface area contributed by atoms with Gasteiger partial charge in [0.2, 0.25) is 0 Å². The highest BCUT2D eigenvalue weighted by Crippen LogP contribution is 2.54. The van der Waals surface area contributed by atoms with Crippen molar-refractivity contribution >= 4 is 28.1 Å². The summed E-state index contributed by atoms with van der Waals surface area (Å²) in [5, 5.41) is 1.35. The van der Waals surface area contributed by atoms with Crippen LogP contribution in [0.25, 0.3) is 11.3 Å². The van der Waals surface area contributed by atoms with Crippen molar-refractivity contribution in [2.75, 3.05) is 5.73 Å². The van der Waals surface area contributed by atoms with Gasteiger partial charge in [-0.15, -0.1) is 0 Å². The van der Waals surface area contributed by atoms with Gasteiger partial charge in [0, 0.05) is 10.6 Å². The molecule has 1 saturated carbocycles. The molecule has 0 amide bonds. The van der Waals surface area contributed by atoms with Gasteiger partial charge in [0.1, 0.15) is 11.4 Å². The number of rotatable bonds is 0. The highest BCUT2D eigenvalue weighted by Gasteiger charge is 2.45. The molecule has 2 aliphatic rings. The van der Waals surface area contributed by atoms with Gasteiger partial charge in [0.05, 0.1) is 10.6 Å². The van der Waals surface area contributed by atoms with Crippen molar-refractivity contribution in [3.63, 3.8) is 0 Å². The molecule has 1 aliphatic carbocycles. The molecule has 5 heteroatoms. The van der Waals surface area contributed by atoms with Crippen molar-refractivity contribution in [2.24, 2.45) is 0 Å². The predicted octanol–water partition coefficient (Wildman–Crippen LogP) is 4.52. The van der Waals surface area contributed by atoms with Crippen molar-refractivity contribution in [2.45, 2.75) is 38.2 Å². The number of nitrogens with zero attached hydrogens (tertiary/aromatic N) is 1. The summed E-state index contributed by atoms with van der Waals surface area (Å²) >= 11 is 7.82. The average molecular weight is 307 g/mol. The standard InChI is InChI=1S/C15H15ClN2OS/c1-8-6-11-9(7-10(8)16)12-13(20-14(17)18-12)15(19-11)4-2-3-5-15/h6-7H,2-5H2,1H3,(H2,17,18). The lowest BCUT2D eigenvalue weighted by Gasteiger charge is -2.35. The van der Waals surface area contributed by atoms with Crippen LogP contribution in [0.2, 0.25) is 5.02 Å². The number of thiazole rings is 1. The Hall–Kier alpha value is -1.26. The van der Waals surface area contributed by atoms with Crippen LogP contribution in [0.5, 0.6) is 5.75 Å². The zero-order valence-corrected chi connectivity index (χ0v) is 12.8. The number of hydrogen-bond donors (Lipinski definition) is 1. The molecule has 1 aromatic heterocycles. The molecular formula is C15H15ClN2OS. The van der Waals surface area contributed by atoms with Crippen LogP contribution in [0.1, 0.15) is 36.1 Å². The van der Waals surface area contributed by atoms with Crippen molar-refractivity contribution in [1.82, 2.24) is 4.98 Å². The fourth-order valence-corrected chi connectivity index (χ4v) is 4.48. The lowest BCUT2D eigenvalue weighted by Crippen LogP contribution is -2.32. The SMILES string of the molecule is Cc1cc2c(cc1Cl)-c1nc(N)sc1C1(CCCC1)O2. The summed E-state index contributed by atoms with van der Waals surface area (Å²) in [6.07, 6.45) is 4.48. The highest BCUT2D eigenvalue weighted by molar-refractivity contribution is 7.16. The van der Waals surface area contributed by atoms with E-state index in [1.807, 2.05) is 19.1 Å². The van der Waals surface area contributed by atoms with E-state index in [1.54, 1.807) is 11.3 Å². The van der Waals surface area contributed by atoms with Crippen molar-refractivity contribution in [3.8, 4) is 17.0 Å². The van der Waals surface area contributed by atoms with E-state index < -0.39 is 0 Å². The van der Waals surface area contributed by atoms with Crippen LogP contribution in [0, 0.1) is 6.92 Å². The first-order valence-corrected chi connectivity index (χ1v) is 8.05. The second kappa shape index (κ2) is 4.12. The third-order valence-electron chi connectivity index (χ3n) is 4.29. The number of aromatic nitrogens is 1. The van der Waals surface area contributed by atoms with Gasteiger partial charge in [-0.25, -0.2) is 4.98 Å². The van der Waals surface area contributed by atoms with Crippen molar-refractivity contribution in [3.05, 3.63) is 27.6 Å². The molecule has 0 bridgehead atoms. The molecule has 1 aromatic carbocycles. The number of fused-ring (bicyclic) bond motifs is 4. The number of anilines is 1. The third kappa shape index (κ3) is 1.61. The maximum Gasteiger partial charge on any atom is 0.180 e. The van der Waals surface area contributed by atoms with Crippen LogP contribution in [0.4, 0.5) is 5.13 Å². The first-order valence-electron chi connectivity index (χ1n) is 6.85. The second-order valence-corrected chi connectivity index (χ2v) is 7.07. The Labute approximate surface area is 126 Å². The number of benzene rings is 1. The molecule has 0 atom stereocenters. The summed E-state index contributed by atoms with van der Waals surface area (Å²) in [5.74, 6) is 0.895. The van der Waals surface area contributed by atoms with Crippen molar-refractivity contribution in [1.29, 1.82) is 0 Å². The lowest BCUT2D eigenvalue weighted by atomic mass is 9.92. The topological polar surface area (TPSA) is 48.1 Å². The fourth-order valence-electron chi connectivity index (χ4n) is 3.28. The summed E-state index contributed by atoms with van der Waals surface area (Å²) in [5.41, 5.74) is 8.72. The minimum Gasteiger partial charge on any atom is -0.481 e. The molecule has 4 rings (SSSR count). The number of ether oxygens (including phenoxy) is 1. The quantitative estimate of drug-likeness (QED) is 0.778. The Morgan fingerprint density at radius 1 is 1.35 bits per heavy atom. The summed E-state index contributed by atoms with van der Waals surface area (Å²) in [4.78, 5) is 5.72. The zero-order chi connectivity index (χ0) is 13.9. The Morgan fingerprint density at radius 3 is 2.85 bits per heavy atom. The fraction of sp³-hybridized carbons (Fsp3) is 0.400. The Kier molecular flexibility index (Phi) is 2.57. The van der Waals surface area contributed by atoms with E-state index in [0.29, 0.717) is 5.13 Å². The lowest BCUT2D eigenvalue weighted by molar-refractivity contribution is 0.0748.